The third-order valence-electron chi connectivity index (χ3n) is 4.60. The average molecular weight is 369 g/mol. The van der Waals surface area contributed by atoms with Crippen LogP contribution in [0.5, 0.6) is 0 Å². The molecule has 0 bridgehead atoms. The molecule has 136 valence electrons. The number of nitro benzene ring substituents is 1. The largest absolute Gasteiger partial charge is 0.381 e. The maximum absolute atomic E-state index is 13.2. The Bertz CT molecular complexity index is 1020. The number of aryl methyl sites for hydroxylation is 1. The first-order valence-corrected chi connectivity index (χ1v) is 8.01. The lowest BCUT2D eigenvalue weighted by atomic mass is 9.94. The van der Waals surface area contributed by atoms with E-state index in [1.54, 1.807) is 6.92 Å². The van der Waals surface area contributed by atoms with Crippen LogP contribution in [0.1, 0.15) is 11.1 Å². The van der Waals surface area contributed by atoms with E-state index >= 15 is 0 Å². The molecule has 27 heavy (non-hydrogen) atoms. The summed E-state index contributed by atoms with van der Waals surface area (Å²) in [6.07, 6.45) is -1.14. The van der Waals surface area contributed by atoms with Crippen molar-refractivity contribution in [3.8, 4) is 0 Å². The van der Waals surface area contributed by atoms with Crippen LogP contribution >= 0.6 is 0 Å². The second kappa shape index (κ2) is 5.97. The number of amides is 2. The third kappa shape index (κ3) is 2.55. The van der Waals surface area contributed by atoms with E-state index < -0.39 is 34.6 Å². The van der Waals surface area contributed by atoms with Crippen molar-refractivity contribution in [2.24, 2.45) is 11.1 Å². The topological polar surface area (TPSA) is 102 Å². The van der Waals surface area contributed by atoms with E-state index in [9.17, 15) is 24.1 Å². The number of benzene rings is 2. The summed E-state index contributed by atoms with van der Waals surface area (Å²) in [7, 11) is 0. The minimum absolute atomic E-state index is 0.135. The molecule has 9 heteroatoms. The van der Waals surface area contributed by atoms with Gasteiger partial charge >= 0.3 is 0 Å². The molecule has 0 spiro atoms. The molecule has 2 aliphatic heterocycles. The van der Waals surface area contributed by atoms with Gasteiger partial charge in [-0.2, -0.15) is 0 Å². The number of nitro groups is 1. The van der Waals surface area contributed by atoms with E-state index in [4.69, 9.17) is 4.84 Å². The Labute approximate surface area is 152 Å². The fraction of sp³-hybridized carbons (Fsp3) is 0.167. The van der Waals surface area contributed by atoms with Gasteiger partial charge < -0.3 is 4.84 Å². The molecule has 0 unspecified atom stereocenters. The molecule has 0 N–H and O–H groups in total. The summed E-state index contributed by atoms with van der Waals surface area (Å²) in [4.78, 5) is 42.2. The molecule has 2 aromatic carbocycles. The van der Waals surface area contributed by atoms with Crippen LogP contribution in [-0.2, 0) is 14.4 Å². The van der Waals surface area contributed by atoms with Crippen molar-refractivity contribution in [2.45, 2.75) is 13.0 Å². The van der Waals surface area contributed by atoms with Gasteiger partial charge in [-0.3, -0.25) is 19.7 Å². The zero-order chi connectivity index (χ0) is 19.3. The summed E-state index contributed by atoms with van der Waals surface area (Å²) in [5.74, 6) is -2.66. The number of imide groups is 1. The first kappa shape index (κ1) is 16.8. The van der Waals surface area contributed by atoms with E-state index in [1.165, 1.54) is 42.5 Å². The van der Waals surface area contributed by atoms with E-state index in [-0.39, 0.29) is 17.1 Å². The molecule has 0 aliphatic carbocycles. The van der Waals surface area contributed by atoms with Crippen molar-refractivity contribution >= 4 is 28.9 Å². The number of carbonyl (C=O) groups is 2. The second-order valence-corrected chi connectivity index (χ2v) is 6.23. The van der Waals surface area contributed by atoms with Crippen LogP contribution in [0.2, 0.25) is 0 Å². The molecule has 2 atom stereocenters. The number of non-ortho nitro benzene ring substituents is 1. The third-order valence-corrected chi connectivity index (χ3v) is 4.60. The standard InChI is InChI=1S/C18H12FN3O5/c1-9-2-7-12(22(25)26)8-13(9)21-17(23)14-15(20-27-16(14)18(21)24)10-3-5-11(19)6-4-10/h2-8,14,16H,1H3/t14-,16+/m0/s1. The zero-order valence-electron chi connectivity index (χ0n) is 14.0. The SMILES string of the molecule is Cc1ccc([N+](=O)[O-])cc1N1C(=O)[C@H]2C(c3ccc(F)cc3)=NO[C@H]2C1=O. The van der Waals surface area contributed by atoms with Gasteiger partial charge in [0, 0.05) is 17.7 Å². The highest BCUT2D eigenvalue weighted by atomic mass is 19.1. The predicted octanol–water partition coefficient (Wildman–Crippen LogP) is 2.33. The number of hydrogen-bond donors (Lipinski definition) is 0. The maximum Gasteiger partial charge on any atom is 0.278 e. The highest BCUT2D eigenvalue weighted by Gasteiger charge is 2.56. The number of oxime groups is 1. The fourth-order valence-corrected chi connectivity index (χ4v) is 3.23. The Balaban J connectivity index is 1.73. The van der Waals surface area contributed by atoms with Crippen LogP contribution in [0.15, 0.2) is 47.6 Å². The number of nitrogens with zero attached hydrogens (tertiary/aromatic N) is 3. The molecule has 1 saturated heterocycles. The summed E-state index contributed by atoms with van der Waals surface area (Å²) < 4.78 is 13.2. The number of hydrogen-bond acceptors (Lipinski definition) is 6. The van der Waals surface area contributed by atoms with Crippen LogP contribution < -0.4 is 4.90 Å². The Hall–Kier alpha value is -3.62. The maximum atomic E-state index is 13.2. The summed E-state index contributed by atoms with van der Waals surface area (Å²) in [5, 5.41) is 14.9. The van der Waals surface area contributed by atoms with Gasteiger partial charge in [0.25, 0.3) is 11.6 Å². The smallest absolute Gasteiger partial charge is 0.278 e. The average Bonchev–Trinajstić information content (AvgIpc) is 3.17. The Kier molecular flexibility index (Phi) is 3.72. The lowest BCUT2D eigenvalue weighted by Crippen LogP contribution is -2.33. The highest BCUT2D eigenvalue weighted by Crippen LogP contribution is 2.37. The first-order valence-electron chi connectivity index (χ1n) is 8.01. The Morgan fingerprint density at radius 3 is 2.52 bits per heavy atom. The van der Waals surface area contributed by atoms with E-state index in [0.29, 0.717) is 11.1 Å². The van der Waals surface area contributed by atoms with Gasteiger partial charge in [-0.05, 0) is 24.6 Å². The lowest BCUT2D eigenvalue weighted by Gasteiger charge is -2.17. The van der Waals surface area contributed by atoms with Crippen molar-refractivity contribution in [3.63, 3.8) is 0 Å². The fourth-order valence-electron chi connectivity index (χ4n) is 3.23. The Morgan fingerprint density at radius 2 is 1.85 bits per heavy atom. The molecule has 0 saturated carbocycles. The Morgan fingerprint density at radius 1 is 1.15 bits per heavy atom. The van der Waals surface area contributed by atoms with Gasteiger partial charge in [-0.25, -0.2) is 9.29 Å². The van der Waals surface area contributed by atoms with Gasteiger partial charge in [0.05, 0.1) is 10.6 Å². The van der Waals surface area contributed by atoms with Crippen LogP contribution in [0.25, 0.3) is 0 Å². The molecular formula is C18H12FN3O5. The van der Waals surface area contributed by atoms with Crippen molar-refractivity contribution in [3.05, 3.63) is 69.5 Å². The minimum atomic E-state index is -1.14. The number of fused-ring (bicyclic) bond motifs is 1. The molecule has 0 radical (unpaired) electrons. The van der Waals surface area contributed by atoms with Gasteiger partial charge in [0.15, 0.2) is 0 Å². The number of halogens is 1. The molecule has 0 aromatic heterocycles. The molecular weight excluding hydrogens is 357 g/mol. The summed E-state index contributed by atoms with van der Waals surface area (Å²) in [5.41, 5.74) is 1.12. The van der Waals surface area contributed by atoms with Gasteiger partial charge in [0.2, 0.25) is 12.0 Å². The van der Waals surface area contributed by atoms with Crippen molar-refractivity contribution in [1.29, 1.82) is 0 Å². The molecule has 2 heterocycles. The molecule has 1 fully saturated rings. The van der Waals surface area contributed by atoms with E-state index in [2.05, 4.69) is 5.16 Å². The van der Waals surface area contributed by atoms with Crippen molar-refractivity contribution in [1.82, 2.24) is 0 Å². The van der Waals surface area contributed by atoms with Crippen molar-refractivity contribution < 1.29 is 23.7 Å². The predicted molar refractivity (Wildman–Crippen MR) is 91.6 cm³/mol. The van der Waals surface area contributed by atoms with E-state index in [1.807, 2.05) is 0 Å². The minimum Gasteiger partial charge on any atom is -0.381 e. The number of carbonyl (C=O) groups excluding carboxylic acids is 2. The normalized spacial score (nSPS) is 21.1. The number of anilines is 1. The first-order chi connectivity index (χ1) is 12.9. The van der Waals surface area contributed by atoms with Gasteiger partial charge in [-0.15, -0.1) is 0 Å². The number of rotatable bonds is 3. The second-order valence-electron chi connectivity index (χ2n) is 6.23. The van der Waals surface area contributed by atoms with Crippen LogP contribution in [0, 0.1) is 28.8 Å². The van der Waals surface area contributed by atoms with Crippen molar-refractivity contribution in [2.75, 3.05) is 4.90 Å². The van der Waals surface area contributed by atoms with Gasteiger partial charge in [0.1, 0.15) is 17.4 Å². The molecule has 8 nitrogen and oxygen atoms in total. The molecule has 4 rings (SSSR count). The zero-order valence-corrected chi connectivity index (χ0v) is 14.0. The van der Waals surface area contributed by atoms with Crippen LogP contribution in [0.4, 0.5) is 15.8 Å². The molecule has 2 aliphatic rings. The van der Waals surface area contributed by atoms with Crippen LogP contribution in [-0.4, -0.2) is 28.6 Å². The highest BCUT2D eigenvalue weighted by molar-refractivity contribution is 6.32. The lowest BCUT2D eigenvalue weighted by molar-refractivity contribution is -0.384. The summed E-state index contributed by atoms with van der Waals surface area (Å²) in [6.45, 7) is 1.64. The molecule has 2 aromatic rings. The molecule has 2 amide bonds. The summed E-state index contributed by atoms with van der Waals surface area (Å²) in [6, 6.07) is 9.27. The van der Waals surface area contributed by atoms with Gasteiger partial charge in [-0.1, -0.05) is 23.4 Å². The van der Waals surface area contributed by atoms with Crippen LogP contribution in [0.3, 0.4) is 0 Å². The van der Waals surface area contributed by atoms with E-state index in [0.717, 1.165) is 4.90 Å². The quantitative estimate of drug-likeness (QED) is 0.469. The monoisotopic (exact) mass is 369 g/mol. The summed E-state index contributed by atoms with van der Waals surface area (Å²) >= 11 is 0.